The van der Waals surface area contributed by atoms with Crippen molar-refractivity contribution < 1.29 is 4.79 Å². The Morgan fingerprint density at radius 1 is 0.840 bits per heavy atom. The molecule has 0 heterocycles. The van der Waals surface area contributed by atoms with Gasteiger partial charge in [-0.15, -0.1) is 0 Å². The minimum Gasteiger partial charge on any atom is -0.294 e. The van der Waals surface area contributed by atoms with Crippen LogP contribution in [0.4, 0.5) is 0 Å². The Kier molecular flexibility index (Phi) is 4.18. The van der Waals surface area contributed by atoms with Crippen LogP contribution in [0, 0.1) is 5.92 Å². The molecular formula is C24H30O. The smallest absolute Gasteiger partial charge is 0.166 e. The maximum absolute atomic E-state index is 12.7. The third kappa shape index (κ3) is 3.17. The molecule has 1 aliphatic carbocycles. The minimum absolute atomic E-state index is 0.0204. The first kappa shape index (κ1) is 17.9. The summed E-state index contributed by atoms with van der Waals surface area (Å²) in [5.74, 6) is 0.390. The summed E-state index contributed by atoms with van der Waals surface area (Å²) in [5.41, 5.74) is 7.38. The molecule has 25 heavy (non-hydrogen) atoms. The second kappa shape index (κ2) is 5.83. The predicted octanol–water partition coefficient (Wildman–Crippen LogP) is 6.32. The molecule has 0 amide bonds. The first-order valence-corrected chi connectivity index (χ1v) is 9.31. The molecule has 1 nitrogen and oxygen atoms in total. The summed E-state index contributed by atoms with van der Waals surface area (Å²) in [7, 11) is 0. The van der Waals surface area contributed by atoms with Gasteiger partial charge in [0.2, 0.25) is 0 Å². The van der Waals surface area contributed by atoms with E-state index in [9.17, 15) is 4.79 Å². The summed E-state index contributed by atoms with van der Waals surface area (Å²) < 4.78 is 0. The van der Waals surface area contributed by atoms with Gasteiger partial charge in [0.15, 0.2) is 5.78 Å². The van der Waals surface area contributed by atoms with Crippen LogP contribution in [0.5, 0.6) is 0 Å². The molecule has 0 N–H and O–H groups in total. The Morgan fingerprint density at radius 3 is 2.04 bits per heavy atom. The molecule has 0 fully saturated rings. The minimum atomic E-state index is 0.0204. The number of rotatable bonds is 1. The van der Waals surface area contributed by atoms with Crippen LogP contribution in [-0.4, -0.2) is 5.78 Å². The van der Waals surface area contributed by atoms with E-state index in [1.165, 1.54) is 27.8 Å². The lowest BCUT2D eigenvalue weighted by atomic mass is 9.78. The van der Waals surface area contributed by atoms with E-state index in [1.54, 1.807) is 0 Å². The number of benzene rings is 2. The van der Waals surface area contributed by atoms with Crippen molar-refractivity contribution in [3.8, 4) is 11.1 Å². The lowest BCUT2D eigenvalue weighted by Crippen LogP contribution is -2.15. The van der Waals surface area contributed by atoms with Crippen LogP contribution < -0.4 is 0 Å². The molecule has 2 aromatic rings. The van der Waals surface area contributed by atoms with E-state index in [0.717, 1.165) is 12.0 Å². The molecule has 1 heteroatoms. The molecular weight excluding hydrogens is 304 g/mol. The molecule has 1 unspecified atom stereocenters. The van der Waals surface area contributed by atoms with Crippen LogP contribution in [0.1, 0.15) is 75.5 Å². The highest BCUT2D eigenvalue weighted by Gasteiger charge is 2.32. The van der Waals surface area contributed by atoms with E-state index < -0.39 is 0 Å². The Morgan fingerprint density at radius 2 is 1.44 bits per heavy atom. The van der Waals surface area contributed by atoms with Gasteiger partial charge in [-0.05, 0) is 51.1 Å². The highest BCUT2D eigenvalue weighted by molar-refractivity contribution is 6.04. The van der Waals surface area contributed by atoms with Crippen LogP contribution in [0.15, 0.2) is 36.4 Å². The maximum Gasteiger partial charge on any atom is 0.166 e. The van der Waals surface area contributed by atoms with Crippen LogP contribution in [0.2, 0.25) is 0 Å². The zero-order valence-corrected chi connectivity index (χ0v) is 16.7. The van der Waals surface area contributed by atoms with Gasteiger partial charge in [0.25, 0.3) is 0 Å². The monoisotopic (exact) mass is 334 g/mol. The highest BCUT2D eigenvalue weighted by atomic mass is 16.1. The first-order chi connectivity index (χ1) is 11.5. The first-order valence-electron chi connectivity index (χ1n) is 9.31. The molecule has 3 rings (SSSR count). The van der Waals surface area contributed by atoms with Gasteiger partial charge < -0.3 is 0 Å². The zero-order chi connectivity index (χ0) is 18.6. The van der Waals surface area contributed by atoms with E-state index in [2.05, 4.69) is 84.9 Å². The predicted molar refractivity (Wildman–Crippen MR) is 106 cm³/mol. The third-order valence-electron chi connectivity index (χ3n) is 5.36. The number of Topliss-reactive ketones (excluding diaryl/α,β-unsaturated/α-hetero) is 1. The van der Waals surface area contributed by atoms with Crippen molar-refractivity contribution in [1.29, 1.82) is 0 Å². The molecule has 0 aromatic heterocycles. The van der Waals surface area contributed by atoms with Crippen LogP contribution in [-0.2, 0) is 17.3 Å². The zero-order valence-electron chi connectivity index (χ0n) is 16.7. The van der Waals surface area contributed by atoms with Crippen molar-refractivity contribution in [2.24, 2.45) is 5.92 Å². The number of carbonyl (C=O) groups excluding carboxylic acids is 1. The van der Waals surface area contributed by atoms with Crippen molar-refractivity contribution in [3.05, 3.63) is 58.7 Å². The fourth-order valence-electron chi connectivity index (χ4n) is 3.82. The van der Waals surface area contributed by atoms with Gasteiger partial charge in [0.1, 0.15) is 0 Å². The molecule has 2 aromatic carbocycles. The normalized spacial score (nSPS) is 17.7. The van der Waals surface area contributed by atoms with E-state index in [4.69, 9.17) is 0 Å². The van der Waals surface area contributed by atoms with Crippen molar-refractivity contribution in [1.82, 2.24) is 0 Å². The summed E-state index contributed by atoms with van der Waals surface area (Å²) in [6, 6.07) is 13.1. The van der Waals surface area contributed by atoms with E-state index in [1.807, 2.05) is 0 Å². The largest absolute Gasteiger partial charge is 0.294 e. The summed E-state index contributed by atoms with van der Waals surface area (Å²) in [4.78, 5) is 12.7. The number of hydrogen-bond acceptors (Lipinski definition) is 1. The Hall–Kier alpha value is -1.89. The van der Waals surface area contributed by atoms with Crippen LogP contribution in [0.3, 0.4) is 0 Å². The number of hydrogen-bond donors (Lipinski definition) is 0. The van der Waals surface area contributed by atoms with Crippen LogP contribution in [0.25, 0.3) is 11.1 Å². The summed E-state index contributed by atoms with van der Waals surface area (Å²) in [6.07, 6.45) is 0.854. The van der Waals surface area contributed by atoms with Gasteiger partial charge in [0.05, 0.1) is 0 Å². The standard InChI is InChI=1S/C24H30O/c1-15-12-18-19(17-10-8-9-11-21(17)24(5,6)7)13-16(23(2,3)4)14-20(18)22(15)25/h8-11,13-15H,12H2,1-7H3. The number of ketones is 1. The van der Waals surface area contributed by atoms with E-state index in [-0.39, 0.29) is 16.7 Å². The van der Waals surface area contributed by atoms with Crippen LogP contribution >= 0.6 is 0 Å². The molecule has 132 valence electrons. The topological polar surface area (TPSA) is 17.1 Å². The fourth-order valence-corrected chi connectivity index (χ4v) is 3.82. The van der Waals surface area contributed by atoms with Crippen molar-refractivity contribution in [3.63, 3.8) is 0 Å². The molecule has 1 aliphatic rings. The lowest BCUT2D eigenvalue weighted by molar-refractivity contribution is 0.0946. The van der Waals surface area contributed by atoms with E-state index in [0.29, 0.717) is 5.78 Å². The maximum atomic E-state index is 12.7. The average Bonchev–Trinajstić information content (AvgIpc) is 2.80. The Bertz CT molecular complexity index is 828. The van der Waals surface area contributed by atoms with Gasteiger partial charge in [-0.25, -0.2) is 0 Å². The second-order valence-corrected chi connectivity index (χ2v) is 9.56. The van der Waals surface area contributed by atoms with Crippen molar-refractivity contribution in [2.45, 2.75) is 65.7 Å². The van der Waals surface area contributed by atoms with Crippen molar-refractivity contribution in [2.75, 3.05) is 0 Å². The Labute approximate surface area is 152 Å². The summed E-state index contributed by atoms with van der Waals surface area (Å²) in [5, 5.41) is 0. The van der Waals surface area contributed by atoms with Gasteiger partial charge in [-0.1, -0.05) is 78.8 Å². The average molecular weight is 335 g/mol. The van der Waals surface area contributed by atoms with Gasteiger partial charge in [0, 0.05) is 11.5 Å². The fraction of sp³-hybridized carbons (Fsp3) is 0.458. The van der Waals surface area contributed by atoms with Crippen molar-refractivity contribution >= 4 is 5.78 Å². The SMILES string of the molecule is CC1Cc2c(cc(C(C)(C)C)cc2-c2ccccc2C(C)(C)C)C1=O. The number of carbonyl (C=O) groups is 1. The molecule has 0 spiro atoms. The number of fused-ring (bicyclic) bond motifs is 1. The third-order valence-corrected chi connectivity index (χ3v) is 5.36. The second-order valence-electron chi connectivity index (χ2n) is 9.56. The molecule has 1 atom stereocenters. The molecule has 0 saturated carbocycles. The molecule has 0 radical (unpaired) electrons. The van der Waals surface area contributed by atoms with Gasteiger partial charge in [-0.3, -0.25) is 4.79 Å². The Balaban J connectivity index is 2.34. The van der Waals surface area contributed by atoms with Gasteiger partial charge in [-0.2, -0.15) is 0 Å². The molecule has 0 aliphatic heterocycles. The quantitative estimate of drug-likeness (QED) is 0.596. The summed E-state index contributed by atoms with van der Waals surface area (Å²) in [6.45, 7) is 15.5. The van der Waals surface area contributed by atoms with Gasteiger partial charge >= 0.3 is 0 Å². The highest BCUT2D eigenvalue weighted by Crippen LogP contribution is 2.42. The van der Waals surface area contributed by atoms with E-state index >= 15 is 0 Å². The molecule has 0 bridgehead atoms. The summed E-state index contributed by atoms with van der Waals surface area (Å²) >= 11 is 0. The molecule has 0 saturated heterocycles. The lowest BCUT2D eigenvalue weighted by Gasteiger charge is -2.26.